The Balaban J connectivity index is 1.76. The standard InChI is InChI=1S/C16H21FN2O2/c1-21-16(20)11-5-6-12(17)14(10-11)18-13-7-9-19-8-3-2-4-15(13)19/h5-6,10,13,15,18H,2-4,7-9H2,1H3. The number of ether oxygens (including phenoxy) is 1. The summed E-state index contributed by atoms with van der Waals surface area (Å²) in [6, 6.07) is 5.07. The second kappa shape index (κ2) is 6.02. The lowest BCUT2D eigenvalue weighted by Crippen LogP contribution is -2.41. The van der Waals surface area contributed by atoms with Gasteiger partial charge in [0, 0.05) is 18.6 Å². The summed E-state index contributed by atoms with van der Waals surface area (Å²) < 4.78 is 18.7. The number of hydrogen-bond donors (Lipinski definition) is 1. The number of nitrogens with one attached hydrogen (secondary N) is 1. The van der Waals surface area contributed by atoms with E-state index in [0.29, 0.717) is 17.3 Å². The van der Waals surface area contributed by atoms with Crippen LogP contribution in [0, 0.1) is 5.82 Å². The Morgan fingerprint density at radius 3 is 3.00 bits per heavy atom. The van der Waals surface area contributed by atoms with Gasteiger partial charge in [-0.1, -0.05) is 6.42 Å². The molecule has 2 atom stereocenters. The van der Waals surface area contributed by atoms with E-state index in [0.717, 1.165) is 25.9 Å². The van der Waals surface area contributed by atoms with Crippen LogP contribution in [0.5, 0.6) is 0 Å². The molecule has 4 nitrogen and oxygen atoms in total. The number of esters is 1. The number of methoxy groups -OCH3 is 1. The van der Waals surface area contributed by atoms with E-state index in [2.05, 4.69) is 15.0 Å². The van der Waals surface area contributed by atoms with Gasteiger partial charge in [0.05, 0.1) is 18.4 Å². The van der Waals surface area contributed by atoms with Crippen LogP contribution in [0.3, 0.4) is 0 Å². The molecule has 0 saturated carbocycles. The average molecular weight is 292 g/mol. The van der Waals surface area contributed by atoms with Gasteiger partial charge in [-0.05, 0) is 44.0 Å². The molecule has 5 heteroatoms. The van der Waals surface area contributed by atoms with Gasteiger partial charge >= 0.3 is 5.97 Å². The molecule has 1 aromatic carbocycles. The fourth-order valence-electron chi connectivity index (χ4n) is 3.50. The topological polar surface area (TPSA) is 41.6 Å². The summed E-state index contributed by atoms with van der Waals surface area (Å²) in [6.07, 6.45) is 4.68. The number of hydrogen-bond acceptors (Lipinski definition) is 4. The molecular formula is C16H21FN2O2. The minimum absolute atomic E-state index is 0.257. The molecule has 2 unspecified atom stereocenters. The third-order valence-electron chi connectivity index (χ3n) is 4.58. The molecule has 0 aliphatic carbocycles. The van der Waals surface area contributed by atoms with E-state index < -0.39 is 5.97 Å². The zero-order valence-corrected chi connectivity index (χ0v) is 12.3. The zero-order chi connectivity index (χ0) is 14.8. The number of carbonyl (C=O) groups is 1. The van der Waals surface area contributed by atoms with Gasteiger partial charge in [-0.15, -0.1) is 0 Å². The van der Waals surface area contributed by atoms with E-state index in [1.807, 2.05) is 0 Å². The van der Waals surface area contributed by atoms with Crippen LogP contribution < -0.4 is 5.32 Å². The molecule has 114 valence electrons. The van der Waals surface area contributed by atoms with E-state index in [1.54, 1.807) is 6.07 Å². The number of rotatable bonds is 3. The maximum absolute atomic E-state index is 14.0. The predicted octanol–water partition coefficient (Wildman–Crippen LogP) is 2.65. The van der Waals surface area contributed by atoms with Crippen LogP contribution in [-0.2, 0) is 4.74 Å². The average Bonchev–Trinajstić information content (AvgIpc) is 2.92. The summed E-state index contributed by atoms with van der Waals surface area (Å²) in [5, 5.41) is 3.30. The molecule has 2 fully saturated rings. The zero-order valence-electron chi connectivity index (χ0n) is 12.3. The van der Waals surface area contributed by atoms with Crippen LogP contribution in [0.15, 0.2) is 18.2 Å². The molecule has 2 heterocycles. The molecule has 0 amide bonds. The number of anilines is 1. The molecule has 0 radical (unpaired) electrons. The normalized spacial score (nSPS) is 25.4. The smallest absolute Gasteiger partial charge is 0.337 e. The van der Waals surface area contributed by atoms with Gasteiger partial charge in [-0.3, -0.25) is 4.90 Å². The molecule has 2 aliphatic heterocycles. The molecule has 3 rings (SSSR count). The van der Waals surface area contributed by atoms with Crippen LogP contribution in [0.25, 0.3) is 0 Å². The molecule has 21 heavy (non-hydrogen) atoms. The number of nitrogens with zero attached hydrogens (tertiary/aromatic N) is 1. The molecule has 0 spiro atoms. The van der Waals surface area contributed by atoms with Crippen molar-refractivity contribution < 1.29 is 13.9 Å². The monoisotopic (exact) mass is 292 g/mol. The minimum Gasteiger partial charge on any atom is -0.465 e. The molecule has 0 aromatic heterocycles. The maximum Gasteiger partial charge on any atom is 0.337 e. The Hall–Kier alpha value is -1.62. The van der Waals surface area contributed by atoms with E-state index in [9.17, 15) is 9.18 Å². The van der Waals surface area contributed by atoms with Gasteiger partial charge in [0.15, 0.2) is 0 Å². The Kier molecular flexibility index (Phi) is 4.10. The van der Waals surface area contributed by atoms with Crippen molar-refractivity contribution in [3.63, 3.8) is 0 Å². The highest BCUT2D eigenvalue weighted by molar-refractivity contribution is 5.90. The van der Waals surface area contributed by atoms with Gasteiger partial charge in [0.1, 0.15) is 5.82 Å². The second-order valence-electron chi connectivity index (χ2n) is 5.82. The summed E-state index contributed by atoms with van der Waals surface area (Å²) in [6.45, 7) is 2.22. The van der Waals surface area contributed by atoms with E-state index in [1.165, 1.54) is 32.1 Å². The first-order valence-electron chi connectivity index (χ1n) is 7.57. The first kappa shape index (κ1) is 14.3. The lowest BCUT2D eigenvalue weighted by atomic mass is 9.98. The summed E-state index contributed by atoms with van der Waals surface area (Å²) in [5.41, 5.74) is 0.773. The van der Waals surface area contributed by atoms with Crippen molar-refractivity contribution in [3.8, 4) is 0 Å². The first-order valence-corrected chi connectivity index (χ1v) is 7.57. The third-order valence-corrected chi connectivity index (χ3v) is 4.58. The van der Waals surface area contributed by atoms with E-state index in [4.69, 9.17) is 0 Å². The fraction of sp³-hybridized carbons (Fsp3) is 0.562. The highest BCUT2D eigenvalue weighted by Gasteiger charge is 2.35. The summed E-state index contributed by atoms with van der Waals surface area (Å²) >= 11 is 0. The Labute approximate surface area is 124 Å². The van der Waals surface area contributed by atoms with E-state index >= 15 is 0 Å². The van der Waals surface area contributed by atoms with Crippen LogP contribution in [0.4, 0.5) is 10.1 Å². The maximum atomic E-state index is 14.0. The summed E-state index contributed by atoms with van der Waals surface area (Å²) in [4.78, 5) is 14.1. The lowest BCUT2D eigenvalue weighted by molar-refractivity contribution is 0.0600. The largest absolute Gasteiger partial charge is 0.465 e. The number of benzene rings is 1. The molecule has 0 bridgehead atoms. The van der Waals surface area contributed by atoms with Gasteiger partial charge in [-0.25, -0.2) is 9.18 Å². The van der Waals surface area contributed by atoms with Gasteiger partial charge in [-0.2, -0.15) is 0 Å². The molecule has 1 aromatic rings. The Bertz CT molecular complexity index is 535. The summed E-state index contributed by atoms with van der Waals surface area (Å²) in [5.74, 6) is -0.763. The molecule has 2 aliphatic rings. The second-order valence-corrected chi connectivity index (χ2v) is 5.82. The van der Waals surface area contributed by atoms with Gasteiger partial charge < -0.3 is 10.1 Å². The summed E-state index contributed by atoms with van der Waals surface area (Å²) in [7, 11) is 1.33. The highest BCUT2D eigenvalue weighted by atomic mass is 19.1. The fourth-order valence-corrected chi connectivity index (χ4v) is 3.50. The number of piperidine rings is 1. The number of carbonyl (C=O) groups excluding carboxylic acids is 1. The molecular weight excluding hydrogens is 271 g/mol. The van der Waals surface area contributed by atoms with Crippen molar-refractivity contribution >= 4 is 11.7 Å². The van der Waals surface area contributed by atoms with Crippen molar-refractivity contribution in [2.24, 2.45) is 0 Å². The first-order chi connectivity index (χ1) is 10.2. The SMILES string of the molecule is COC(=O)c1ccc(F)c(NC2CCN3CCCCC23)c1. The lowest BCUT2D eigenvalue weighted by Gasteiger charge is -2.33. The minimum atomic E-state index is -0.441. The van der Waals surface area contributed by atoms with Crippen LogP contribution in [0.1, 0.15) is 36.0 Å². The van der Waals surface area contributed by atoms with Crippen molar-refractivity contribution in [3.05, 3.63) is 29.6 Å². The molecule has 2 saturated heterocycles. The van der Waals surface area contributed by atoms with Crippen molar-refractivity contribution in [1.82, 2.24) is 4.90 Å². The Morgan fingerprint density at radius 2 is 2.19 bits per heavy atom. The molecule has 1 N–H and O–H groups in total. The van der Waals surface area contributed by atoms with E-state index in [-0.39, 0.29) is 11.9 Å². The van der Waals surface area contributed by atoms with Crippen LogP contribution >= 0.6 is 0 Å². The van der Waals surface area contributed by atoms with Crippen molar-refractivity contribution in [2.45, 2.75) is 37.8 Å². The number of fused-ring (bicyclic) bond motifs is 1. The van der Waals surface area contributed by atoms with Crippen molar-refractivity contribution in [2.75, 3.05) is 25.5 Å². The van der Waals surface area contributed by atoms with Crippen molar-refractivity contribution in [1.29, 1.82) is 0 Å². The Morgan fingerprint density at radius 1 is 1.33 bits per heavy atom. The van der Waals surface area contributed by atoms with Crippen LogP contribution in [0.2, 0.25) is 0 Å². The predicted molar refractivity (Wildman–Crippen MR) is 79.0 cm³/mol. The van der Waals surface area contributed by atoms with Gasteiger partial charge in [0.2, 0.25) is 0 Å². The van der Waals surface area contributed by atoms with Crippen LogP contribution in [-0.4, -0.2) is 43.2 Å². The third kappa shape index (κ3) is 2.88. The highest BCUT2D eigenvalue weighted by Crippen LogP contribution is 2.30. The quantitative estimate of drug-likeness (QED) is 0.870. The number of halogens is 1. The van der Waals surface area contributed by atoms with Gasteiger partial charge in [0.25, 0.3) is 0 Å².